The molecule has 0 saturated heterocycles. The zero-order chi connectivity index (χ0) is 28.4. The van der Waals surface area contributed by atoms with E-state index in [2.05, 4.69) is 25.5 Å². The summed E-state index contributed by atoms with van der Waals surface area (Å²) in [7, 11) is -4.08. The van der Waals surface area contributed by atoms with Gasteiger partial charge in [0.2, 0.25) is 5.91 Å². The predicted octanol–water partition coefficient (Wildman–Crippen LogP) is 5.37. The van der Waals surface area contributed by atoms with Crippen LogP contribution in [0.15, 0.2) is 65.6 Å². The number of fused-ring (bicyclic) bond motifs is 1. The number of hydrogen-bond acceptors (Lipinski definition) is 5. The molecule has 9 heteroatoms. The summed E-state index contributed by atoms with van der Waals surface area (Å²) in [5.74, 6) is -0.686. The van der Waals surface area contributed by atoms with Crippen molar-refractivity contribution in [3.05, 3.63) is 88.7 Å². The number of Topliss-reactive ketones (excluding diaryl/α,β-unsaturated/α-hetero) is 1. The van der Waals surface area contributed by atoms with Crippen molar-refractivity contribution in [3.63, 3.8) is 0 Å². The van der Waals surface area contributed by atoms with Crippen molar-refractivity contribution >= 4 is 27.4 Å². The second-order valence-electron chi connectivity index (χ2n) is 10.9. The molecule has 1 amide bonds. The van der Waals surface area contributed by atoms with E-state index in [0.717, 1.165) is 22.8 Å². The SMILES string of the molecule is CC(=O)CCOc1ccc(NS(=O)(=O)c2ccc3c(c2)CN(C(=O)Cc2ccc(C(C)(C)C)cc2)C3)c(F)c1. The molecule has 1 N–H and O–H groups in total. The van der Waals surface area contributed by atoms with Gasteiger partial charge in [0.05, 0.1) is 23.6 Å². The molecule has 39 heavy (non-hydrogen) atoms. The number of carbonyl (C=O) groups excluding carboxylic acids is 2. The molecule has 0 atom stereocenters. The maximum absolute atomic E-state index is 14.6. The van der Waals surface area contributed by atoms with E-state index < -0.39 is 15.8 Å². The Labute approximate surface area is 229 Å². The van der Waals surface area contributed by atoms with Gasteiger partial charge in [-0.3, -0.25) is 14.3 Å². The number of amides is 1. The molecule has 0 bridgehead atoms. The number of carbonyl (C=O) groups is 2. The summed E-state index contributed by atoms with van der Waals surface area (Å²) >= 11 is 0. The van der Waals surface area contributed by atoms with Crippen molar-refractivity contribution < 1.29 is 27.1 Å². The number of halogens is 1. The lowest BCUT2D eigenvalue weighted by atomic mass is 9.86. The summed E-state index contributed by atoms with van der Waals surface area (Å²) in [6.07, 6.45) is 0.459. The zero-order valence-corrected chi connectivity index (χ0v) is 23.4. The third kappa shape index (κ3) is 7.03. The fourth-order valence-electron chi connectivity index (χ4n) is 4.31. The van der Waals surface area contributed by atoms with Crippen LogP contribution in [0.2, 0.25) is 0 Å². The minimum absolute atomic E-state index is 0.0190. The van der Waals surface area contributed by atoms with E-state index in [-0.39, 0.29) is 52.9 Å². The summed E-state index contributed by atoms with van der Waals surface area (Å²) in [6, 6.07) is 16.5. The minimum atomic E-state index is -4.08. The van der Waals surface area contributed by atoms with E-state index >= 15 is 0 Å². The lowest BCUT2D eigenvalue weighted by Gasteiger charge is -2.19. The fourth-order valence-corrected chi connectivity index (χ4v) is 5.43. The van der Waals surface area contributed by atoms with E-state index in [0.29, 0.717) is 13.1 Å². The average Bonchev–Trinajstić information content (AvgIpc) is 3.29. The van der Waals surface area contributed by atoms with Gasteiger partial charge in [-0.2, -0.15) is 0 Å². The van der Waals surface area contributed by atoms with Crippen molar-refractivity contribution in [2.75, 3.05) is 11.3 Å². The molecular weight excluding hydrogens is 519 g/mol. The van der Waals surface area contributed by atoms with Gasteiger partial charge in [-0.15, -0.1) is 0 Å². The summed E-state index contributed by atoms with van der Waals surface area (Å²) in [6.45, 7) is 8.67. The molecule has 1 aliphatic heterocycles. The molecule has 0 aliphatic carbocycles. The van der Waals surface area contributed by atoms with Crippen LogP contribution in [-0.2, 0) is 44.5 Å². The maximum Gasteiger partial charge on any atom is 0.261 e. The highest BCUT2D eigenvalue weighted by molar-refractivity contribution is 7.92. The highest BCUT2D eigenvalue weighted by Gasteiger charge is 2.26. The third-order valence-electron chi connectivity index (χ3n) is 6.65. The molecule has 1 heterocycles. The summed E-state index contributed by atoms with van der Waals surface area (Å²) in [5, 5.41) is 0. The van der Waals surface area contributed by atoms with E-state index in [9.17, 15) is 22.4 Å². The molecule has 4 rings (SSSR count). The Bertz CT molecular complexity index is 1490. The largest absolute Gasteiger partial charge is 0.493 e. The van der Waals surface area contributed by atoms with Gasteiger partial charge >= 0.3 is 0 Å². The molecular formula is C30H33FN2O5S. The first kappa shape index (κ1) is 28.3. The Balaban J connectivity index is 1.40. The van der Waals surface area contributed by atoms with Crippen molar-refractivity contribution in [1.29, 1.82) is 0 Å². The number of benzene rings is 3. The van der Waals surface area contributed by atoms with Gasteiger partial charge in [-0.05, 0) is 58.9 Å². The second kappa shape index (κ2) is 11.2. The van der Waals surface area contributed by atoms with E-state index in [1.54, 1.807) is 11.0 Å². The topological polar surface area (TPSA) is 92.8 Å². The molecule has 0 radical (unpaired) electrons. The van der Waals surface area contributed by atoms with E-state index in [4.69, 9.17) is 4.74 Å². The Morgan fingerprint density at radius 3 is 2.31 bits per heavy atom. The summed E-state index contributed by atoms with van der Waals surface area (Å²) in [4.78, 5) is 25.7. The molecule has 0 fully saturated rings. The fraction of sp³-hybridized carbons (Fsp3) is 0.333. The van der Waals surface area contributed by atoms with E-state index in [1.165, 1.54) is 36.8 Å². The lowest BCUT2D eigenvalue weighted by Crippen LogP contribution is -2.26. The predicted molar refractivity (Wildman–Crippen MR) is 148 cm³/mol. The van der Waals surface area contributed by atoms with Crippen LogP contribution < -0.4 is 9.46 Å². The molecule has 1 aliphatic rings. The Hall–Kier alpha value is -3.72. The highest BCUT2D eigenvalue weighted by Crippen LogP contribution is 2.29. The lowest BCUT2D eigenvalue weighted by molar-refractivity contribution is -0.131. The third-order valence-corrected chi connectivity index (χ3v) is 8.01. The number of hydrogen-bond donors (Lipinski definition) is 1. The van der Waals surface area contributed by atoms with Gasteiger partial charge in [0, 0.05) is 25.6 Å². The van der Waals surface area contributed by atoms with Crippen LogP contribution in [0.3, 0.4) is 0 Å². The van der Waals surface area contributed by atoms with Crippen LogP contribution in [0, 0.1) is 5.82 Å². The van der Waals surface area contributed by atoms with Crippen LogP contribution in [0.5, 0.6) is 5.75 Å². The van der Waals surface area contributed by atoms with Crippen molar-refractivity contribution in [2.45, 2.75) is 63.9 Å². The number of nitrogens with one attached hydrogen (secondary N) is 1. The minimum Gasteiger partial charge on any atom is -0.493 e. The van der Waals surface area contributed by atoms with Crippen LogP contribution >= 0.6 is 0 Å². The van der Waals surface area contributed by atoms with Crippen LogP contribution in [0.4, 0.5) is 10.1 Å². The number of ether oxygens (including phenoxy) is 1. The van der Waals surface area contributed by atoms with Gasteiger partial charge in [0.25, 0.3) is 10.0 Å². The number of rotatable bonds is 9. The van der Waals surface area contributed by atoms with Crippen LogP contribution in [0.1, 0.15) is 56.4 Å². The normalized spacial score (nSPS) is 13.2. The second-order valence-corrected chi connectivity index (χ2v) is 12.5. The van der Waals surface area contributed by atoms with Gasteiger partial charge < -0.3 is 9.64 Å². The van der Waals surface area contributed by atoms with Crippen molar-refractivity contribution in [3.8, 4) is 5.75 Å². The van der Waals surface area contributed by atoms with Crippen LogP contribution in [0.25, 0.3) is 0 Å². The summed E-state index contributed by atoms with van der Waals surface area (Å²) in [5.41, 5.74) is 3.56. The smallest absolute Gasteiger partial charge is 0.261 e. The number of sulfonamides is 1. The monoisotopic (exact) mass is 552 g/mol. The zero-order valence-electron chi connectivity index (χ0n) is 22.6. The molecule has 0 aromatic heterocycles. The Morgan fingerprint density at radius 2 is 1.67 bits per heavy atom. The van der Waals surface area contributed by atoms with Gasteiger partial charge in [0.15, 0.2) is 5.82 Å². The molecule has 0 saturated carbocycles. The molecule has 206 valence electrons. The molecule has 0 unspecified atom stereocenters. The van der Waals surface area contributed by atoms with Gasteiger partial charge in [-0.25, -0.2) is 12.8 Å². The maximum atomic E-state index is 14.6. The molecule has 0 spiro atoms. The summed E-state index contributed by atoms with van der Waals surface area (Å²) < 4.78 is 48.2. The highest BCUT2D eigenvalue weighted by atomic mass is 32.2. The average molecular weight is 553 g/mol. The number of anilines is 1. The molecule has 3 aromatic rings. The van der Waals surface area contributed by atoms with Crippen molar-refractivity contribution in [1.82, 2.24) is 4.90 Å². The standard InChI is InChI=1S/C30H33FN2O5S/c1-20(34)13-14-38-25-10-12-28(27(31)17-25)32-39(36,37)26-11-7-22-18-33(19-23(22)16-26)29(35)15-21-5-8-24(9-6-21)30(2,3)4/h5-12,16-17,32H,13-15,18-19H2,1-4H3. The first-order chi connectivity index (χ1) is 18.3. The van der Waals surface area contributed by atoms with Crippen LogP contribution in [-0.4, -0.2) is 31.6 Å². The molecule has 7 nitrogen and oxygen atoms in total. The Morgan fingerprint density at radius 1 is 0.974 bits per heavy atom. The quantitative estimate of drug-likeness (QED) is 0.386. The van der Waals surface area contributed by atoms with Gasteiger partial charge in [0.1, 0.15) is 11.5 Å². The van der Waals surface area contributed by atoms with Crippen molar-refractivity contribution in [2.24, 2.45) is 0 Å². The molecule has 3 aromatic carbocycles. The number of nitrogens with zero attached hydrogens (tertiary/aromatic N) is 1. The number of ketones is 1. The first-order valence-corrected chi connectivity index (χ1v) is 14.2. The Kier molecular flexibility index (Phi) is 8.11. The van der Waals surface area contributed by atoms with Gasteiger partial charge in [-0.1, -0.05) is 51.1 Å². The first-order valence-electron chi connectivity index (χ1n) is 12.8. The van der Waals surface area contributed by atoms with E-state index in [1.807, 2.05) is 24.3 Å².